The molecule has 4 aromatic carbocycles. The number of alkyl halides is 1. The summed E-state index contributed by atoms with van der Waals surface area (Å²) in [6, 6.07) is 28.6. The van der Waals surface area contributed by atoms with E-state index in [9.17, 15) is 20.2 Å². The number of nitro groups is 2. The Bertz CT molecular complexity index is 1920. The molecule has 0 spiro atoms. The summed E-state index contributed by atoms with van der Waals surface area (Å²) in [5.41, 5.74) is 6.95. The van der Waals surface area contributed by atoms with Crippen LogP contribution in [0.4, 0.5) is 22.7 Å². The molecule has 0 fully saturated rings. The Morgan fingerprint density at radius 2 is 1.13 bits per heavy atom. The third-order valence-corrected chi connectivity index (χ3v) is 7.86. The van der Waals surface area contributed by atoms with Crippen LogP contribution in [-0.2, 0) is 21.6 Å². The van der Waals surface area contributed by atoms with Gasteiger partial charge < -0.3 is 11.6 Å². The van der Waals surface area contributed by atoms with Crippen LogP contribution in [0.15, 0.2) is 131 Å². The van der Waals surface area contributed by atoms with Gasteiger partial charge in [-0.3, -0.25) is 35.5 Å². The number of carbonyl (C=O) groups excluding carboxylic acids is 1. The zero-order chi connectivity index (χ0) is 37.0. The first-order valence-electron chi connectivity index (χ1n) is 14.1. The minimum Gasteiger partial charge on any atom is -1.00 e. The van der Waals surface area contributed by atoms with Crippen LogP contribution >= 0.6 is 47.8 Å². The number of halogens is 3. The van der Waals surface area contributed by atoms with Crippen LogP contribution in [-0.4, -0.2) is 46.1 Å². The molecule has 0 unspecified atom stereocenters. The Morgan fingerprint density at radius 3 is 1.55 bits per heavy atom. The molecule has 0 aliphatic heterocycles. The fourth-order valence-electron chi connectivity index (χ4n) is 3.77. The standard InChI is InChI=1S/C15H12BrN5O2.C8H7N5O2.C7H6Br2.CH2O3.2K.H/c16-13-3-1-12(2-4-13)9-20(19-10-17-18-11-19)14-5-7-15(8-6-14)21(22)23;14-13(15)8-3-1-7(2-4-8)11-12-5-9-10-6-12;8-5-6-1-3-7(9)4-2-6;2-1-4-3;;;/h1-8,10-11H,9H2;1-6,11H;1-4H,5H2;1,3H;;;/q;;;;2*+1;-1/p-1. The largest absolute Gasteiger partial charge is 1.00 e. The van der Waals surface area contributed by atoms with E-state index in [1.807, 2.05) is 41.4 Å². The maximum atomic E-state index is 10.8. The number of carbonyl (C=O) groups is 1. The molecule has 2 aromatic heterocycles. The van der Waals surface area contributed by atoms with E-state index in [-0.39, 0.29) is 122 Å². The van der Waals surface area contributed by atoms with Gasteiger partial charge in [0.1, 0.15) is 25.3 Å². The predicted octanol–water partition coefficient (Wildman–Crippen LogP) is 0.379. The summed E-state index contributed by atoms with van der Waals surface area (Å²) in [6.07, 6.45) is 6.14. The molecule has 1 N–H and O–H groups in total. The second kappa shape index (κ2) is 27.3. The number of benzene rings is 4. The normalized spacial score (nSPS) is 9.36. The van der Waals surface area contributed by atoms with Crippen LogP contribution in [0.1, 0.15) is 12.6 Å². The number of aromatic nitrogens is 6. The number of hydrogen-bond acceptors (Lipinski definition) is 13. The third-order valence-electron chi connectivity index (χ3n) is 6.15. The van der Waals surface area contributed by atoms with Crippen molar-refractivity contribution in [3.05, 3.63) is 163 Å². The first kappa shape index (κ1) is 48.7. The number of non-ortho nitro benzene ring substituents is 2. The van der Waals surface area contributed by atoms with E-state index < -0.39 is 9.85 Å². The van der Waals surface area contributed by atoms with Crippen LogP contribution < -0.4 is 118 Å². The van der Waals surface area contributed by atoms with Gasteiger partial charge >= 0.3 is 103 Å². The minimum atomic E-state index is -0.442. The van der Waals surface area contributed by atoms with Crippen molar-refractivity contribution in [3.63, 3.8) is 0 Å². The summed E-state index contributed by atoms with van der Waals surface area (Å²) < 4.78 is 5.42. The van der Waals surface area contributed by atoms with Gasteiger partial charge in [-0.1, -0.05) is 72.1 Å². The molecule has 53 heavy (non-hydrogen) atoms. The van der Waals surface area contributed by atoms with E-state index in [1.54, 1.807) is 46.3 Å². The molecule has 17 nitrogen and oxygen atoms in total. The molecule has 6 rings (SSSR count). The topological polar surface area (TPSA) is 212 Å². The minimum absolute atomic E-state index is 0. The number of nitrogens with one attached hydrogen (secondary N) is 1. The summed E-state index contributed by atoms with van der Waals surface area (Å²) in [5, 5.41) is 47.3. The molecule has 0 saturated heterocycles. The molecule has 266 valence electrons. The van der Waals surface area contributed by atoms with Gasteiger partial charge in [0.25, 0.3) is 17.8 Å². The molecular formula is C31H27Br3K2N10O7. The summed E-state index contributed by atoms with van der Waals surface area (Å²) in [7, 11) is 0. The van der Waals surface area contributed by atoms with E-state index in [4.69, 9.17) is 10.1 Å². The van der Waals surface area contributed by atoms with Crippen LogP contribution in [0.3, 0.4) is 0 Å². The van der Waals surface area contributed by atoms with Gasteiger partial charge in [-0.2, -0.15) is 0 Å². The van der Waals surface area contributed by atoms with Crippen molar-refractivity contribution >= 4 is 77.0 Å². The van der Waals surface area contributed by atoms with Crippen molar-refractivity contribution in [1.29, 1.82) is 0 Å². The van der Waals surface area contributed by atoms with Crippen molar-refractivity contribution in [1.82, 2.24) is 29.7 Å². The van der Waals surface area contributed by atoms with Gasteiger partial charge in [0.15, 0.2) is 0 Å². The Hall–Kier alpha value is -2.30. The average Bonchev–Trinajstić information content (AvgIpc) is 3.88. The summed E-state index contributed by atoms with van der Waals surface area (Å²) in [5.74, 6) is 0. The first-order valence-corrected chi connectivity index (χ1v) is 16.8. The van der Waals surface area contributed by atoms with Gasteiger partial charge in [0.05, 0.1) is 27.8 Å². The molecule has 0 atom stereocenters. The van der Waals surface area contributed by atoms with Gasteiger partial charge in [0, 0.05) is 38.5 Å². The summed E-state index contributed by atoms with van der Waals surface area (Å²) >= 11 is 10.1. The average molecular weight is 970 g/mol. The van der Waals surface area contributed by atoms with Crippen molar-refractivity contribution in [3.8, 4) is 0 Å². The van der Waals surface area contributed by atoms with Gasteiger partial charge in [-0.25, -0.2) is 9.35 Å². The second-order valence-electron chi connectivity index (χ2n) is 9.54. The van der Waals surface area contributed by atoms with E-state index in [0.717, 1.165) is 31.2 Å². The maximum Gasteiger partial charge on any atom is 1.00 e. The molecule has 2 heterocycles. The van der Waals surface area contributed by atoms with Gasteiger partial charge in [-0.15, -0.1) is 20.4 Å². The number of rotatable bonds is 10. The molecule has 22 heteroatoms. The predicted molar refractivity (Wildman–Crippen MR) is 196 cm³/mol. The first-order chi connectivity index (χ1) is 24.6. The number of hydrogen-bond donors (Lipinski definition) is 1. The molecular weight excluding hydrogens is 942 g/mol. The molecule has 0 aliphatic carbocycles. The summed E-state index contributed by atoms with van der Waals surface area (Å²) in [6.45, 7) is 0.392. The van der Waals surface area contributed by atoms with Crippen molar-refractivity contribution in [2.24, 2.45) is 0 Å². The van der Waals surface area contributed by atoms with Crippen LogP contribution in [0.2, 0.25) is 0 Å². The molecule has 0 radical (unpaired) electrons. The molecule has 6 aromatic rings. The van der Waals surface area contributed by atoms with Crippen LogP contribution in [0.25, 0.3) is 0 Å². The fraction of sp³-hybridized carbons (Fsp3) is 0.0645. The van der Waals surface area contributed by atoms with Crippen LogP contribution in [0, 0.1) is 20.2 Å². The Kier molecular flexibility index (Phi) is 25.1. The molecule has 0 aliphatic rings. The Labute approximate surface area is 414 Å². The van der Waals surface area contributed by atoms with Crippen LogP contribution in [0.5, 0.6) is 0 Å². The molecule has 0 amide bonds. The van der Waals surface area contributed by atoms with E-state index in [2.05, 4.69) is 90.6 Å². The second-order valence-corrected chi connectivity index (χ2v) is 11.9. The Morgan fingerprint density at radius 1 is 0.717 bits per heavy atom. The monoisotopic (exact) mass is 966 g/mol. The summed E-state index contributed by atoms with van der Waals surface area (Å²) in [4.78, 5) is 31.6. The fourth-order valence-corrected chi connectivity index (χ4v) is 4.68. The maximum absolute atomic E-state index is 10.8. The Balaban J connectivity index is 0.000000783. The quantitative estimate of drug-likeness (QED) is 0.0492. The zero-order valence-electron chi connectivity index (χ0n) is 29.1. The number of nitro benzene ring substituents is 2. The van der Waals surface area contributed by atoms with E-state index in [1.165, 1.54) is 42.5 Å². The van der Waals surface area contributed by atoms with Crippen molar-refractivity contribution in [2.75, 3.05) is 10.4 Å². The van der Waals surface area contributed by atoms with Crippen molar-refractivity contribution in [2.45, 2.75) is 11.9 Å². The van der Waals surface area contributed by atoms with Gasteiger partial charge in [0.2, 0.25) is 0 Å². The smallest absolute Gasteiger partial charge is 1.00 e. The van der Waals surface area contributed by atoms with E-state index in [0.29, 0.717) is 6.54 Å². The zero-order valence-corrected chi connectivity index (χ0v) is 39.1. The molecule has 0 saturated carbocycles. The van der Waals surface area contributed by atoms with E-state index >= 15 is 0 Å². The van der Waals surface area contributed by atoms with Gasteiger partial charge in [-0.05, 0) is 59.7 Å². The third kappa shape index (κ3) is 18.3. The molecule has 0 bridgehead atoms. The van der Waals surface area contributed by atoms with Crippen molar-refractivity contribution < 1.29 is 129 Å². The number of nitrogens with zero attached hydrogens (tertiary/aromatic N) is 9. The number of anilines is 2. The SMILES string of the molecule is BrCc1ccc(Br)cc1.O=CO[O-].O=[N+]([O-])c1ccc(N(Cc2ccc(Br)cc2)n2cnnc2)cc1.O=[N+]([O-])c1ccc(Nn2cnnc2)cc1.[H-].[K+].[K+].